The van der Waals surface area contributed by atoms with Gasteiger partial charge in [0.15, 0.2) is 0 Å². The van der Waals surface area contributed by atoms with Crippen LogP contribution in [0.15, 0.2) is 47.4 Å². The van der Waals surface area contributed by atoms with Crippen LogP contribution < -0.4 is 9.46 Å². The van der Waals surface area contributed by atoms with Crippen molar-refractivity contribution in [1.29, 1.82) is 0 Å². The predicted molar refractivity (Wildman–Crippen MR) is 103 cm³/mol. The molecule has 1 aliphatic heterocycles. The molecule has 1 fully saturated rings. The molecule has 8 heteroatoms. The topological polar surface area (TPSA) is 58.6 Å². The molecule has 0 aromatic heterocycles. The number of halogens is 2. The highest BCUT2D eigenvalue weighted by Gasteiger charge is 2.27. The summed E-state index contributed by atoms with van der Waals surface area (Å²) in [5.74, 6) is 0.0676. The Kier molecular flexibility index (Phi) is 6.37. The molecule has 27 heavy (non-hydrogen) atoms. The molecule has 2 aromatic carbocycles. The second-order valence-corrected chi connectivity index (χ2v) is 8.60. The predicted octanol–water partition coefficient (Wildman–Crippen LogP) is 3.60. The number of para-hydroxylation sites is 1. The zero-order valence-corrected chi connectivity index (χ0v) is 16.6. The van der Waals surface area contributed by atoms with Crippen molar-refractivity contribution in [1.82, 2.24) is 9.62 Å². The number of nitrogens with one attached hydrogen (secondary N) is 1. The van der Waals surface area contributed by atoms with Crippen molar-refractivity contribution in [3.63, 3.8) is 0 Å². The van der Waals surface area contributed by atoms with E-state index in [1.807, 2.05) is 24.3 Å². The van der Waals surface area contributed by atoms with Crippen LogP contribution in [0.5, 0.6) is 5.75 Å². The van der Waals surface area contributed by atoms with E-state index in [1.165, 1.54) is 6.07 Å². The van der Waals surface area contributed by atoms with Crippen LogP contribution in [0.3, 0.4) is 0 Å². The van der Waals surface area contributed by atoms with Crippen LogP contribution in [0.25, 0.3) is 0 Å². The molecule has 3 rings (SSSR count). The molecule has 1 unspecified atom stereocenters. The SMILES string of the molecule is COc1ccccc1C(CNS(=O)(=O)c1ccc(F)c(Cl)c1)N1CCCC1. The van der Waals surface area contributed by atoms with Gasteiger partial charge in [-0.2, -0.15) is 0 Å². The van der Waals surface area contributed by atoms with E-state index in [1.54, 1.807) is 7.11 Å². The highest BCUT2D eigenvalue weighted by molar-refractivity contribution is 7.89. The van der Waals surface area contributed by atoms with E-state index in [-0.39, 0.29) is 22.5 Å². The van der Waals surface area contributed by atoms with Crippen LogP contribution in [0, 0.1) is 5.82 Å². The summed E-state index contributed by atoms with van der Waals surface area (Å²) in [4.78, 5) is 2.19. The van der Waals surface area contributed by atoms with Gasteiger partial charge in [0, 0.05) is 12.1 Å². The van der Waals surface area contributed by atoms with Gasteiger partial charge in [0.1, 0.15) is 11.6 Å². The molecule has 0 radical (unpaired) electrons. The summed E-state index contributed by atoms with van der Waals surface area (Å²) < 4.78 is 46.8. The van der Waals surface area contributed by atoms with Crippen molar-refractivity contribution < 1.29 is 17.5 Å². The average Bonchev–Trinajstić information content (AvgIpc) is 3.19. The third-order valence-corrected chi connectivity index (χ3v) is 6.46. The maximum atomic E-state index is 13.3. The fourth-order valence-corrected chi connectivity index (χ4v) is 4.66. The summed E-state index contributed by atoms with van der Waals surface area (Å²) in [5.41, 5.74) is 0.932. The number of ether oxygens (including phenoxy) is 1. The Morgan fingerprint density at radius 2 is 1.93 bits per heavy atom. The van der Waals surface area contributed by atoms with Gasteiger partial charge in [-0.1, -0.05) is 29.8 Å². The zero-order chi connectivity index (χ0) is 19.4. The number of rotatable bonds is 7. The lowest BCUT2D eigenvalue weighted by Crippen LogP contribution is -2.37. The molecule has 0 spiro atoms. The monoisotopic (exact) mass is 412 g/mol. The first-order valence-electron chi connectivity index (χ1n) is 8.74. The summed E-state index contributed by atoms with van der Waals surface area (Å²) in [7, 11) is -2.22. The molecule has 0 aliphatic carbocycles. The lowest BCUT2D eigenvalue weighted by atomic mass is 10.0. The van der Waals surface area contributed by atoms with E-state index in [9.17, 15) is 12.8 Å². The number of likely N-dealkylation sites (tertiary alicyclic amines) is 1. The van der Waals surface area contributed by atoms with Crippen LogP contribution in [0.2, 0.25) is 5.02 Å². The Bertz CT molecular complexity index is 902. The number of hydrogen-bond donors (Lipinski definition) is 1. The first kappa shape index (κ1) is 20.1. The molecule has 146 valence electrons. The molecule has 1 saturated heterocycles. The fourth-order valence-electron chi connectivity index (χ4n) is 3.35. The molecule has 0 amide bonds. The Hall–Kier alpha value is -1.67. The Labute approximate surface area is 164 Å². The van der Waals surface area contributed by atoms with Crippen LogP contribution in [-0.4, -0.2) is 40.1 Å². The quantitative estimate of drug-likeness (QED) is 0.754. The first-order valence-corrected chi connectivity index (χ1v) is 10.6. The van der Waals surface area contributed by atoms with Crippen molar-refractivity contribution in [2.75, 3.05) is 26.7 Å². The second-order valence-electron chi connectivity index (χ2n) is 6.43. The smallest absolute Gasteiger partial charge is 0.240 e. The molecular formula is C19H22ClFN2O3S. The molecule has 2 aromatic rings. The molecule has 1 N–H and O–H groups in total. The Morgan fingerprint density at radius 3 is 2.59 bits per heavy atom. The van der Waals surface area contributed by atoms with Crippen LogP contribution in [0.4, 0.5) is 4.39 Å². The minimum Gasteiger partial charge on any atom is -0.496 e. The van der Waals surface area contributed by atoms with Crippen molar-refractivity contribution >= 4 is 21.6 Å². The van der Waals surface area contributed by atoms with Crippen LogP contribution >= 0.6 is 11.6 Å². The number of methoxy groups -OCH3 is 1. The molecule has 1 aliphatic rings. The molecular weight excluding hydrogens is 391 g/mol. The Balaban J connectivity index is 1.85. The van der Waals surface area contributed by atoms with Crippen molar-refractivity contribution in [2.24, 2.45) is 0 Å². The van der Waals surface area contributed by atoms with E-state index in [4.69, 9.17) is 16.3 Å². The van der Waals surface area contributed by atoms with Crippen molar-refractivity contribution in [3.8, 4) is 5.75 Å². The van der Waals surface area contributed by atoms with E-state index < -0.39 is 15.8 Å². The van der Waals surface area contributed by atoms with Gasteiger partial charge in [-0.3, -0.25) is 4.90 Å². The van der Waals surface area contributed by atoms with Gasteiger partial charge in [-0.05, 0) is 50.2 Å². The molecule has 0 bridgehead atoms. The minimum absolute atomic E-state index is 0.0610. The third kappa shape index (κ3) is 4.60. The molecule has 1 atom stereocenters. The number of benzene rings is 2. The lowest BCUT2D eigenvalue weighted by molar-refractivity contribution is 0.240. The minimum atomic E-state index is -3.82. The summed E-state index contributed by atoms with van der Waals surface area (Å²) in [6, 6.07) is 10.8. The maximum Gasteiger partial charge on any atom is 0.240 e. The number of hydrogen-bond acceptors (Lipinski definition) is 4. The van der Waals surface area contributed by atoms with Gasteiger partial charge in [-0.25, -0.2) is 17.5 Å². The molecule has 1 heterocycles. The van der Waals surface area contributed by atoms with Crippen LogP contribution in [0.1, 0.15) is 24.4 Å². The van der Waals surface area contributed by atoms with E-state index in [0.29, 0.717) is 0 Å². The van der Waals surface area contributed by atoms with Crippen molar-refractivity contribution in [3.05, 3.63) is 58.9 Å². The second kappa shape index (κ2) is 8.56. The molecule has 5 nitrogen and oxygen atoms in total. The highest BCUT2D eigenvalue weighted by Crippen LogP contribution is 2.31. The summed E-state index contributed by atoms with van der Waals surface area (Å²) in [6.45, 7) is 1.97. The summed E-state index contributed by atoms with van der Waals surface area (Å²) in [6.07, 6.45) is 2.15. The third-order valence-electron chi connectivity index (χ3n) is 4.75. The molecule has 0 saturated carbocycles. The number of sulfonamides is 1. The fraction of sp³-hybridized carbons (Fsp3) is 0.368. The number of nitrogens with zero attached hydrogens (tertiary/aromatic N) is 1. The van der Waals surface area contributed by atoms with Gasteiger partial charge >= 0.3 is 0 Å². The maximum absolute atomic E-state index is 13.3. The van der Waals surface area contributed by atoms with Gasteiger partial charge in [0.05, 0.1) is 23.1 Å². The Morgan fingerprint density at radius 1 is 1.22 bits per heavy atom. The largest absolute Gasteiger partial charge is 0.496 e. The first-order chi connectivity index (χ1) is 12.9. The van der Waals surface area contributed by atoms with Gasteiger partial charge < -0.3 is 4.74 Å². The van der Waals surface area contributed by atoms with Crippen LogP contribution in [-0.2, 0) is 10.0 Å². The summed E-state index contributed by atoms with van der Waals surface area (Å²) in [5, 5.41) is -0.223. The van der Waals surface area contributed by atoms with E-state index in [2.05, 4.69) is 9.62 Å². The van der Waals surface area contributed by atoms with E-state index >= 15 is 0 Å². The normalized spacial score (nSPS) is 16.4. The van der Waals surface area contributed by atoms with Gasteiger partial charge in [0.25, 0.3) is 0 Å². The van der Waals surface area contributed by atoms with Crippen molar-refractivity contribution in [2.45, 2.75) is 23.8 Å². The highest BCUT2D eigenvalue weighted by atomic mass is 35.5. The van der Waals surface area contributed by atoms with Gasteiger partial charge in [0.2, 0.25) is 10.0 Å². The van der Waals surface area contributed by atoms with E-state index in [0.717, 1.165) is 49.4 Å². The lowest BCUT2D eigenvalue weighted by Gasteiger charge is -2.29. The average molecular weight is 413 g/mol. The standard InChI is InChI=1S/C19H22ClFN2O3S/c1-26-19-7-3-2-6-15(19)18(23-10-4-5-11-23)13-22-27(24,25)14-8-9-17(21)16(20)12-14/h2-3,6-9,12,18,22H,4-5,10-11,13H2,1H3. The zero-order valence-electron chi connectivity index (χ0n) is 15.0. The van der Waals surface area contributed by atoms with Gasteiger partial charge in [-0.15, -0.1) is 0 Å². The summed E-state index contributed by atoms with van der Waals surface area (Å²) >= 11 is 5.73.